The second-order valence-corrected chi connectivity index (χ2v) is 8.05. The molecule has 2 N–H and O–H groups in total. The molecule has 0 aliphatic carbocycles. The van der Waals surface area contributed by atoms with Crippen molar-refractivity contribution in [2.24, 2.45) is 0 Å². The number of ether oxygens (including phenoxy) is 1. The maximum Gasteiger partial charge on any atom is 0.335 e. The number of hydrogen-bond acceptors (Lipinski definition) is 6. The van der Waals surface area contributed by atoms with E-state index in [2.05, 4.69) is 5.32 Å². The van der Waals surface area contributed by atoms with Crippen LogP contribution in [-0.2, 0) is 21.4 Å². The third kappa shape index (κ3) is 4.54. The van der Waals surface area contributed by atoms with Crippen LogP contribution in [0.4, 0.5) is 5.69 Å². The summed E-state index contributed by atoms with van der Waals surface area (Å²) in [6.45, 7) is 1.60. The average Bonchev–Trinajstić information content (AvgIpc) is 2.97. The molecule has 0 saturated carbocycles. The quantitative estimate of drug-likeness (QED) is 0.732. The van der Waals surface area contributed by atoms with Crippen LogP contribution in [0.25, 0.3) is 0 Å². The Kier molecular flexibility index (Phi) is 6.04. The van der Waals surface area contributed by atoms with E-state index in [0.29, 0.717) is 5.56 Å². The topological polar surface area (TPSA) is 126 Å². The Labute approximate surface area is 156 Å². The largest absolute Gasteiger partial charge is 0.478 e. The fourth-order valence-corrected chi connectivity index (χ4v) is 3.41. The molecule has 1 amide bonds. The summed E-state index contributed by atoms with van der Waals surface area (Å²) < 4.78 is 35.8. The fraction of sp³-hybridized carbons (Fsp3) is 0.294. The van der Waals surface area contributed by atoms with Gasteiger partial charge in [0, 0.05) is 33.0 Å². The highest BCUT2D eigenvalue weighted by Crippen LogP contribution is 2.24. The number of nitrogens with one attached hydrogen (secondary N) is 1. The summed E-state index contributed by atoms with van der Waals surface area (Å²) in [6, 6.07) is 5.41. The van der Waals surface area contributed by atoms with E-state index >= 15 is 0 Å². The van der Waals surface area contributed by atoms with Gasteiger partial charge in [0.25, 0.3) is 5.91 Å². The molecule has 27 heavy (non-hydrogen) atoms. The lowest BCUT2D eigenvalue weighted by atomic mass is 10.1. The lowest BCUT2D eigenvalue weighted by Crippen LogP contribution is -2.22. The standard InChI is InChI=1S/C17H20N2O7S/c1-10-15(27(23,24)19(2)3)8-14(26-10)16(20)18-13-6-11(9-25-4)5-12(7-13)17(21)22/h5-8H,9H2,1-4H3,(H,18,20)(H,21,22). The molecule has 1 heterocycles. The maximum absolute atomic E-state index is 12.4. The number of anilines is 1. The zero-order valence-corrected chi connectivity index (χ0v) is 16.1. The van der Waals surface area contributed by atoms with E-state index in [1.807, 2.05) is 0 Å². The van der Waals surface area contributed by atoms with Crippen molar-refractivity contribution in [1.82, 2.24) is 4.31 Å². The first kappa shape index (κ1) is 20.6. The number of sulfonamides is 1. The molecule has 0 aliphatic heterocycles. The third-order valence-electron chi connectivity index (χ3n) is 3.66. The van der Waals surface area contributed by atoms with E-state index in [0.717, 1.165) is 10.4 Å². The van der Waals surface area contributed by atoms with Crippen LogP contribution in [0.5, 0.6) is 0 Å². The average molecular weight is 396 g/mol. The Morgan fingerprint density at radius 3 is 2.44 bits per heavy atom. The van der Waals surface area contributed by atoms with Crippen molar-refractivity contribution in [1.29, 1.82) is 0 Å². The van der Waals surface area contributed by atoms with Gasteiger partial charge in [-0.3, -0.25) is 4.79 Å². The molecule has 0 unspecified atom stereocenters. The molecule has 2 aromatic rings. The molecule has 0 atom stereocenters. The number of amides is 1. The minimum absolute atomic E-state index is 0.0219. The van der Waals surface area contributed by atoms with Gasteiger partial charge in [-0.05, 0) is 30.7 Å². The number of carboxylic acids is 1. The van der Waals surface area contributed by atoms with E-state index in [1.54, 1.807) is 6.07 Å². The molecule has 0 radical (unpaired) electrons. The predicted molar refractivity (Wildman–Crippen MR) is 96.4 cm³/mol. The number of carbonyl (C=O) groups excluding carboxylic acids is 1. The number of carbonyl (C=O) groups is 2. The molecule has 0 bridgehead atoms. The minimum atomic E-state index is -3.76. The normalized spacial score (nSPS) is 11.6. The van der Waals surface area contributed by atoms with Crippen molar-refractivity contribution >= 4 is 27.6 Å². The molecule has 0 saturated heterocycles. The summed E-state index contributed by atoms with van der Waals surface area (Å²) in [5, 5.41) is 11.7. The minimum Gasteiger partial charge on any atom is -0.478 e. The van der Waals surface area contributed by atoms with E-state index in [-0.39, 0.29) is 34.3 Å². The van der Waals surface area contributed by atoms with E-state index < -0.39 is 21.9 Å². The van der Waals surface area contributed by atoms with Gasteiger partial charge < -0.3 is 19.6 Å². The second kappa shape index (κ2) is 7.91. The van der Waals surface area contributed by atoms with Gasteiger partial charge in [-0.2, -0.15) is 0 Å². The number of aromatic carboxylic acids is 1. The Balaban J connectivity index is 2.34. The van der Waals surface area contributed by atoms with Gasteiger partial charge in [-0.1, -0.05) is 0 Å². The van der Waals surface area contributed by atoms with Gasteiger partial charge >= 0.3 is 5.97 Å². The first-order valence-electron chi connectivity index (χ1n) is 7.76. The van der Waals surface area contributed by atoms with Gasteiger partial charge in [0.05, 0.1) is 12.2 Å². The highest BCUT2D eigenvalue weighted by atomic mass is 32.2. The van der Waals surface area contributed by atoms with Crippen molar-refractivity contribution in [2.75, 3.05) is 26.5 Å². The Bertz CT molecular complexity index is 977. The molecule has 0 aliphatic rings. The van der Waals surface area contributed by atoms with E-state index in [1.165, 1.54) is 40.3 Å². The number of benzene rings is 1. The molecule has 9 nitrogen and oxygen atoms in total. The molecular formula is C17H20N2O7S. The van der Waals surface area contributed by atoms with Crippen molar-refractivity contribution < 1.29 is 32.3 Å². The number of hydrogen-bond donors (Lipinski definition) is 2. The lowest BCUT2D eigenvalue weighted by molar-refractivity contribution is 0.0696. The van der Waals surface area contributed by atoms with Crippen LogP contribution in [0.15, 0.2) is 33.6 Å². The number of carboxylic acid groups (broad SMARTS) is 1. The molecule has 0 spiro atoms. The van der Waals surface area contributed by atoms with Crippen LogP contribution in [0.1, 0.15) is 32.2 Å². The summed E-state index contributed by atoms with van der Waals surface area (Å²) in [5.74, 6) is -1.99. The van der Waals surface area contributed by atoms with E-state index in [4.69, 9.17) is 9.15 Å². The van der Waals surface area contributed by atoms with Crippen LogP contribution in [0.3, 0.4) is 0 Å². The zero-order valence-electron chi connectivity index (χ0n) is 15.3. The highest BCUT2D eigenvalue weighted by Gasteiger charge is 2.26. The number of aryl methyl sites for hydroxylation is 1. The third-order valence-corrected chi connectivity index (χ3v) is 5.59. The smallest absolute Gasteiger partial charge is 0.335 e. The number of furan rings is 1. The van der Waals surface area contributed by atoms with Gasteiger partial charge in [0.2, 0.25) is 10.0 Å². The summed E-state index contributed by atoms with van der Waals surface area (Å²) in [4.78, 5) is 23.6. The fourth-order valence-electron chi connectivity index (χ4n) is 2.36. The van der Waals surface area contributed by atoms with Crippen LogP contribution >= 0.6 is 0 Å². The van der Waals surface area contributed by atoms with Gasteiger partial charge in [0.1, 0.15) is 10.7 Å². The SMILES string of the molecule is COCc1cc(NC(=O)c2cc(S(=O)(=O)N(C)C)c(C)o2)cc(C(=O)O)c1. The van der Waals surface area contributed by atoms with Crippen molar-refractivity contribution in [3.63, 3.8) is 0 Å². The van der Waals surface area contributed by atoms with Crippen molar-refractivity contribution in [2.45, 2.75) is 18.4 Å². The molecular weight excluding hydrogens is 376 g/mol. The first-order chi connectivity index (χ1) is 12.6. The van der Waals surface area contributed by atoms with Crippen LogP contribution in [-0.4, -0.2) is 50.9 Å². The van der Waals surface area contributed by atoms with Crippen LogP contribution in [0, 0.1) is 6.92 Å². The van der Waals surface area contributed by atoms with Gasteiger partial charge in [-0.25, -0.2) is 17.5 Å². The number of nitrogens with zero attached hydrogens (tertiary/aromatic N) is 1. The summed E-state index contributed by atoms with van der Waals surface area (Å²) in [6.07, 6.45) is 0. The monoisotopic (exact) mass is 396 g/mol. The molecule has 1 aromatic heterocycles. The zero-order chi connectivity index (χ0) is 20.4. The molecule has 0 fully saturated rings. The number of rotatable bonds is 7. The van der Waals surface area contributed by atoms with Crippen LogP contribution < -0.4 is 5.32 Å². The second-order valence-electron chi connectivity index (χ2n) is 5.93. The molecule has 10 heteroatoms. The first-order valence-corrected chi connectivity index (χ1v) is 9.20. The predicted octanol–water partition coefficient (Wildman–Crippen LogP) is 1.94. The molecule has 1 aromatic carbocycles. The van der Waals surface area contributed by atoms with E-state index in [9.17, 15) is 23.1 Å². The maximum atomic E-state index is 12.4. The molecule has 146 valence electrons. The Morgan fingerprint density at radius 1 is 1.22 bits per heavy atom. The summed E-state index contributed by atoms with van der Waals surface area (Å²) in [5.41, 5.74) is 0.753. The van der Waals surface area contributed by atoms with Crippen molar-refractivity contribution in [3.8, 4) is 0 Å². The molecule has 2 rings (SSSR count). The van der Waals surface area contributed by atoms with Gasteiger partial charge in [0.15, 0.2) is 5.76 Å². The number of methoxy groups -OCH3 is 1. The van der Waals surface area contributed by atoms with Crippen molar-refractivity contribution in [3.05, 3.63) is 46.9 Å². The van der Waals surface area contributed by atoms with Gasteiger partial charge in [-0.15, -0.1) is 0 Å². The Hall–Kier alpha value is -2.69. The Morgan fingerprint density at radius 2 is 1.89 bits per heavy atom. The summed E-state index contributed by atoms with van der Waals surface area (Å²) >= 11 is 0. The summed E-state index contributed by atoms with van der Waals surface area (Å²) in [7, 11) is 0.445. The lowest BCUT2D eigenvalue weighted by Gasteiger charge is -2.09. The highest BCUT2D eigenvalue weighted by molar-refractivity contribution is 7.89. The van der Waals surface area contributed by atoms with Crippen LogP contribution in [0.2, 0.25) is 0 Å².